The van der Waals surface area contributed by atoms with E-state index < -0.39 is 0 Å². The number of carbonyl (C=O) groups is 1. The van der Waals surface area contributed by atoms with E-state index in [1.165, 1.54) is 0 Å². The molecule has 2 aromatic heterocycles. The average molecular weight is 288 g/mol. The first-order valence-corrected chi connectivity index (χ1v) is 7.23. The summed E-state index contributed by atoms with van der Waals surface area (Å²) in [5.41, 5.74) is 0.301. The molecule has 2 fully saturated rings. The molecule has 0 aromatic carbocycles. The number of carbonyl (C=O) groups excluding carboxylic acids is 1. The molecule has 0 radical (unpaired) electrons. The zero-order chi connectivity index (χ0) is 14.4. The number of aromatic nitrogens is 1. The van der Waals surface area contributed by atoms with Crippen molar-refractivity contribution in [2.24, 2.45) is 0 Å². The molecule has 1 N–H and O–H groups in total. The van der Waals surface area contributed by atoms with Crippen molar-refractivity contribution in [2.45, 2.75) is 43.9 Å². The van der Waals surface area contributed by atoms with E-state index in [1.807, 2.05) is 4.90 Å². The van der Waals surface area contributed by atoms with E-state index in [0.717, 1.165) is 12.8 Å². The van der Waals surface area contributed by atoms with Crippen molar-refractivity contribution < 1.29 is 18.8 Å². The topological polar surface area (TPSA) is 79.7 Å². The largest absolute Gasteiger partial charge is 0.461 e. The number of fused-ring (bicyclic) bond motifs is 2. The Morgan fingerprint density at radius 2 is 2.05 bits per heavy atom. The second-order valence-corrected chi connectivity index (χ2v) is 5.78. The molecule has 110 valence electrons. The maximum absolute atomic E-state index is 12.6. The molecule has 2 aliphatic heterocycles. The molecule has 2 unspecified atom stereocenters. The Morgan fingerprint density at radius 3 is 2.71 bits per heavy atom. The molecule has 4 rings (SSSR count). The molecule has 4 heterocycles. The Morgan fingerprint density at radius 1 is 1.29 bits per heavy atom. The highest BCUT2D eigenvalue weighted by Crippen LogP contribution is 2.37. The van der Waals surface area contributed by atoms with Gasteiger partial charge >= 0.3 is 0 Å². The summed E-state index contributed by atoms with van der Waals surface area (Å²) in [5, 5.41) is 13.7. The van der Waals surface area contributed by atoms with E-state index in [2.05, 4.69) is 5.16 Å². The summed E-state index contributed by atoms with van der Waals surface area (Å²) in [6, 6.07) is 5.37. The summed E-state index contributed by atoms with van der Waals surface area (Å²) in [7, 11) is 0. The predicted molar refractivity (Wildman–Crippen MR) is 72.4 cm³/mol. The Balaban J connectivity index is 1.58. The molecule has 0 spiro atoms. The molecule has 2 saturated heterocycles. The Hall–Kier alpha value is -2.08. The lowest BCUT2D eigenvalue weighted by Crippen LogP contribution is -2.48. The number of hydrogen-bond donors (Lipinski definition) is 1. The first kappa shape index (κ1) is 12.6. The van der Waals surface area contributed by atoms with Crippen LogP contribution in [-0.4, -0.2) is 39.3 Å². The summed E-state index contributed by atoms with van der Waals surface area (Å²) in [6.45, 7) is 0. The minimum absolute atomic E-state index is 0.115. The second-order valence-electron chi connectivity index (χ2n) is 5.78. The van der Waals surface area contributed by atoms with Crippen LogP contribution in [0, 0.1) is 0 Å². The fourth-order valence-corrected chi connectivity index (χ4v) is 3.52. The van der Waals surface area contributed by atoms with Crippen molar-refractivity contribution in [1.82, 2.24) is 10.1 Å². The van der Waals surface area contributed by atoms with Crippen LogP contribution in [-0.2, 0) is 0 Å². The van der Waals surface area contributed by atoms with Gasteiger partial charge in [0.1, 0.15) is 0 Å². The van der Waals surface area contributed by atoms with Crippen LogP contribution in [0.25, 0.3) is 11.5 Å². The smallest absolute Gasteiger partial charge is 0.276 e. The van der Waals surface area contributed by atoms with Crippen LogP contribution in [0.1, 0.15) is 36.2 Å². The zero-order valence-corrected chi connectivity index (χ0v) is 11.4. The number of amides is 1. The molecule has 2 aromatic rings. The van der Waals surface area contributed by atoms with Gasteiger partial charge in [-0.15, -0.1) is 0 Å². The van der Waals surface area contributed by atoms with Gasteiger partial charge in [-0.25, -0.2) is 0 Å². The third-order valence-corrected chi connectivity index (χ3v) is 4.44. The van der Waals surface area contributed by atoms with Crippen LogP contribution in [0.15, 0.2) is 33.4 Å². The zero-order valence-electron chi connectivity index (χ0n) is 11.4. The van der Waals surface area contributed by atoms with Crippen molar-refractivity contribution in [1.29, 1.82) is 0 Å². The average Bonchev–Trinajstić information content (AvgIpc) is 3.17. The van der Waals surface area contributed by atoms with E-state index in [4.69, 9.17) is 8.94 Å². The lowest BCUT2D eigenvalue weighted by molar-refractivity contribution is 0.0280. The minimum Gasteiger partial charge on any atom is -0.461 e. The lowest BCUT2D eigenvalue weighted by atomic mass is 9.99. The van der Waals surface area contributed by atoms with Gasteiger partial charge in [0.2, 0.25) is 5.76 Å². The summed E-state index contributed by atoms with van der Waals surface area (Å²) >= 11 is 0. The van der Waals surface area contributed by atoms with E-state index >= 15 is 0 Å². The maximum Gasteiger partial charge on any atom is 0.276 e. The van der Waals surface area contributed by atoms with Crippen LogP contribution in [0.2, 0.25) is 0 Å². The van der Waals surface area contributed by atoms with Gasteiger partial charge in [-0.05, 0) is 37.8 Å². The van der Waals surface area contributed by atoms with Gasteiger partial charge in [0.25, 0.3) is 5.91 Å². The molecule has 6 nitrogen and oxygen atoms in total. The fraction of sp³-hybridized carbons (Fsp3) is 0.467. The quantitative estimate of drug-likeness (QED) is 0.915. The summed E-state index contributed by atoms with van der Waals surface area (Å²) < 4.78 is 10.4. The molecular weight excluding hydrogens is 272 g/mol. The normalized spacial score (nSPS) is 28.0. The Bertz CT molecular complexity index is 634. The molecule has 2 atom stereocenters. The number of furan rings is 1. The molecule has 2 bridgehead atoms. The first-order valence-electron chi connectivity index (χ1n) is 7.23. The van der Waals surface area contributed by atoms with Crippen molar-refractivity contribution in [3.63, 3.8) is 0 Å². The SMILES string of the molecule is O=C(c1cc(-c2ccco2)on1)N1C2CCC1CC(O)C2. The van der Waals surface area contributed by atoms with Crippen molar-refractivity contribution in [2.75, 3.05) is 0 Å². The van der Waals surface area contributed by atoms with Gasteiger partial charge in [-0.3, -0.25) is 4.79 Å². The molecule has 2 aliphatic rings. The molecule has 21 heavy (non-hydrogen) atoms. The summed E-state index contributed by atoms with van der Waals surface area (Å²) in [5.74, 6) is 0.891. The van der Waals surface area contributed by atoms with E-state index in [-0.39, 0.29) is 24.1 Å². The van der Waals surface area contributed by atoms with Crippen LogP contribution in [0.3, 0.4) is 0 Å². The van der Waals surface area contributed by atoms with Gasteiger partial charge in [-0.2, -0.15) is 0 Å². The standard InChI is InChI=1S/C15H16N2O4/c18-11-6-9-3-4-10(7-11)17(9)15(19)12-8-14(21-16-12)13-2-1-5-20-13/h1-2,5,8-11,18H,3-4,6-7H2. The maximum atomic E-state index is 12.6. The van der Waals surface area contributed by atoms with Crippen molar-refractivity contribution in [3.8, 4) is 11.5 Å². The van der Waals surface area contributed by atoms with Crippen LogP contribution < -0.4 is 0 Å². The van der Waals surface area contributed by atoms with Gasteiger partial charge < -0.3 is 18.9 Å². The lowest BCUT2D eigenvalue weighted by Gasteiger charge is -2.36. The second kappa shape index (κ2) is 4.73. The number of aliphatic hydroxyl groups excluding tert-OH is 1. The Kier molecular flexibility index (Phi) is 2.85. The van der Waals surface area contributed by atoms with E-state index in [0.29, 0.717) is 30.1 Å². The highest BCUT2D eigenvalue weighted by molar-refractivity contribution is 5.93. The van der Waals surface area contributed by atoms with Gasteiger partial charge in [0, 0.05) is 18.2 Å². The number of hydrogen-bond acceptors (Lipinski definition) is 5. The molecule has 6 heteroatoms. The number of rotatable bonds is 2. The predicted octanol–water partition coefficient (Wildman–Crippen LogP) is 2.06. The van der Waals surface area contributed by atoms with E-state index in [9.17, 15) is 9.90 Å². The van der Waals surface area contributed by atoms with Crippen LogP contribution in [0.4, 0.5) is 0 Å². The minimum atomic E-state index is -0.289. The molecule has 0 aliphatic carbocycles. The molecule has 1 amide bonds. The van der Waals surface area contributed by atoms with E-state index in [1.54, 1.807) is 24.5 Å². The van der Waals surface area contributed by atoms with Gasteiger partial charge in [-0.1, -0.05) is 5.16 Å². The number of piperidine rings is 1. The molecular formula is C15H16N2O4. The number of nitrogens with zero attached hydrogens (tertiary/aromatic N) is 2. The van der Waals surface area contributed by atoms with Crippen molar-refractivity contribution in [3.05, 3.63) is 30.2 Å². The highest BCUT2D eigenvalue weighted by atomic mass is 16.5. The van der Waals surface area contributed by atoms with Gasteiger partial charge in [0.15, 0.2) is 11.5 Å². The third kappa shape index (κ3) is 2.06. The first-order chi connectivity index (χ1) is 10.2. The van der Waals surface area contributed by atoms with Gasteiger partial charge in [0.05, 0.1) is 12.4 Å². The highest BCUT2D eigenvalue weighted by Gasteiger charge is 2.43. The van der Waals surface area contributed by atoms with Crippen LogP contribution >= 0.6 is 0 Å². The molecule has 0 saturated carbocycles. The summed E-state index contributed by atoms with van der Waals surface area (Å²) in [4.78, 5) is 14.5. The van der Waals surface area contributed by atoms with Crippen LogP contribution in [0.5, 0.6) is 0 Å². The fourth-order valence-electron chi connectivity index (χ4n) is 3.52. The van der Waals surface area contributed by atoms with Crippen molar-refractivity contribution >= 4 is 5.91 Å². The summed E-state index contributed by atoms with van der Waals surface area (Å²) in [6.07, 6.45) is 4.48. The monoisotopic (exact) mass is 288 g/mol. The Labute approximate surface area is 121 Å². The third-order valence-electron chi connectivity index (χ3n) is 4.44. The number of aliphatic hydroxyl groups is 1.